The van der Waals surface area contributed by atoms with E-state index in [1.54, 1.807) is 30.8 Å². The molecular weight excluding hydrogens is 156 g/mol. The molecule has 12 heavy (non-hydrogen) atoms. The van der Waals surface area contributed by atoms with Gasteiger partial charge in [0.1, 0.15) is 12.3 Å². The molecule has 0 fully saturated rings. The predicted molar refractivity (Wildman–Crippen MR) is 43.6 cm³/mol. The van der Waals surface area contributed by atoms with Gasteiger partial charge in [0.25, 0.3) is 0 Å². The van der Waals surface area contributed by atoms with E-state index in [1.165, 1.54) is 6.33 Å². The fourth-order valence-electron chi connectivity index (χ4n) is 1.04. The van der Waals surface area contributed by atoms with Crippen molar-refractivity contribution in [3.63, 3.8) is 0 Å². The number of imidazole rings is 1. The van der Waals surface area contributed by atoms with Crippen LogP contribution >= 0.6 is 0 Å². The van der Waals surface area contributed by atoms with E-state index >= 15 is 0 Å². The third-order valence-corrected chi connectivity index (χ3v) is 1.70. The van der Waals surface area contributed by atoms with Gasteiger partial charge in [0.2, 0.25) is 0 Å². The SMILES string of the molecule is CC(C)(O)C(C=O)n1ccnc1. The summed E-state index contributed by atoms with van der Waals surface area (Å²) in [5.41, 5.74) is -1.05. The highest BCUT2D eigenvalue weighted by molar-refractivity contribution is 5.57. The van der Waals surface area contributed by atoms with Gasteiger partial charge in [-0.3, -0.25) is 0 Å². The summed E-state index contributed by atoms with van der Waals surface area (Å²) in [4.78, 5) is 14.4. The molecule has 0 aliphatic rings. The summed E-state index contributed by atoms with van der Waals surface area (Å²) in [7, 11) is 0. The molecule has 0 saturated heterocycles. The number of nitrogens with zero attached hydrogens (tertiary/aromatic N) is 2. The number of hydrogen-bond acceptors (Lipinski definition) is 3. The van der Waals surface area contributed by atoms with Crippen LogP contribution in [0.3, 0.4) is 0 Å². The minimum atomic E-state index is -1.05. The van der Waals surface area contributed by atoms with Crippen LogP contribution in [0, 0.1) is 0 Å². The number of carbonyl (C=O) groups is 1. The molecule has 0 spiro atoms. The summed E-state index contributed by atoms with van der Waals surface area (Å²) < 4.78 is 1.58. The standard InChI is InChI=1S/C8H12N2O2/c1-8(2,12)7(5-11)10-4-3-9-6-10/h3-7,12H,1-2H3. The van der Waals surface area contributed by atoms with Crippen LogP contribution in [-0.4, -0.2) is 26.5 Å². The summed E-state index contributed by atoms with van der Waals surface area (Å²) in [6, 6.07) is -0.569. The smallest absolute Gasteiger partial charge is 0.145 e. The van der Waals surface area contributed by atoms with Gasteiger partial charge in [-0.25, -0.2) is 4.98 Å². The second kappa shape index (κ2) is 3.06. The van der Waals surface area contributed by atoms with Crippen molar-refractivity contribution in [1.82, 2.24) is 9.55 Å². The Labute approximate surface area is 70.9 Å². The van der Waals surface area contributed by atoms with Crippen molar-refractivity contribution < 1.29 is 9.90 Å². The monoisotopic (exact) mass is 168 g/mol. The highest BCUT2D eigenvalue weighted by Crippen LogP contribution is 2.18. The largest absolute Gasteiger partial charge is 0.388 e. The lowest BCUT2D eigenvalue weighted by atomic mass is 10.0. The van der Waals surface area contributed by atoms with Crippen LogP contribution in [0.25, 0.3) is 0 Å². The molecular formula is C8H12N2O2. The molecule has 1 heterocycles. The lowest BCUT2D eigenvalue weighted by molar-refractivity contribution is -0.116. The van der Waals surface area contributed by atoms with E-state index in [1.807, 2.05) is 0 Å². The third-order valence-electron chi connectivity index (χ3n) is 1.70. The van der Waals surface area contributed by atoms with Crippen molar-refractivity contribution in [3.05, 3.63) is 18.7 Å². The van der Waals surface area contributed by atoms with Crippen LogP contribution in [0.2, 0.25) is 0 Å². The Kier molecular flexibility index (Phi) is 2.28. The predicted octanol–water partition coefficient (Wildman–Crippen LogP) is 0.394. The molecule has 0 saturated carbocycles. The van der Waals surface area contributed by atoms with Gasteiger partial charge >= 0.3 is 0 Å². The molecule has 66 valence electrons. The minimum absolute atomic E-state index is 0.569. The summed E-state index contributed by atoms with van der Waals surface area (Å²) in [5.74, 6) is 0. The molecule has 1 aromatic heterocycles. The van der Waals surface area contributed by atoms with E-state index in [-0.39, 0.29) is 0 Å². The molecule has 1 atom stereocenters. The normalized spacial score (nSPS) is 14.2. The van der Waals surface area contributed by atoms with Crippen LogP contribution < -0.4 is 0 Å². The van der Waals surface area contributed by atoms with Crippen molar-refractivity contribution in [2.24, 2.45) is 0 Å². The molecule has 4 nitrogen and oxygen atoms in total. The average molecular weight is 168 g/mol. The van der Waals surface area contributed by atoms with Crippen molar-refractivity contribution in [3.8, 4) is 0 Å². The van der Waals surface area contributed by atoms with Gasteiger partial charge in [-0.1, -0.05) is 0 Å². The van der Waals surface area contributed by atoms with E-state index in [0.29, 0.717) is 6.29 Å². The van der Waals surface area contributed by atoms with Crippen molar-refractivity contribution in [2.45, 2.75) is 25.5 Å². The lowest BCUT2D eigenvalue weighted by Gasteiger charge is -2.25. The molecule has 1 N–H and O–H groups in total. The molecule has 0 aromatic carbocycles. The Hall–Kier alpha value is -1.16. The van der Waals surface area contributed by atoms with E-state index in [9.17, 15) is 9.90 Å². The van der Waals surface area contributed by atoms with Gasteiger partial charge in [0.15, 0.2) is 0 Å². The lowest BCUT2D eigenvalue weighted by Crippen LogP contribution is -2.33. The number of aldehydes is 1. The summed E-state index contributed by atoms with van der Waals surface area (Å²) in [6.45, 7) is 3.18. The van der Waals surface area contributed by atoms with Gasteiger partial charge in [-0.15, -0.1) is 0 Å². The van der Waals surface area contributed by atoms with Gasteiger partial charge in [0.05, 0.1) is 11.9 Å². The molecule has 1 aromatic rings. The van der Waals surface area contributed by atoms with E-state index in [2.05, 4.69) is 4.98 Å². The second-order valence-electron chi connectivity index (χ2n) is 3.24. The topological polar surface area (TPSA) is 55.1 Å². The Morgan fingerprint density at radius 3 is 2.67 bits per heavy atom. The first-order valence-corrected chi connectivity index (χ1v) is 3.71. The van der Waals surface area contributed by atoms with E-state index < -0.39 is 11.6 Å². The number of aliphatic hydroxyl groups is 1. The van der Waals surface area contributed by atoms with Crippen LogP contribution in [-0.2, 0) is 4.79 Å². The Morgan fingerprint density at radius 2 is 2.33 bits per heavy atom. The second-order valence-corrected chi connectivity index (χ2v) is 3.24. The first-order chi connectivity index (χ1) is 5.55. The maximum atomic E-state index is 10.6. The Balaban J connectivity index is 2.91. The molecule has 1 unspecified atom stereocenters. The number of aromatic nitrogens is 2. The van der Waals surface area contributed by atoms with Crippen molar-refractivity contribution in [2.75, 3.05) is 0 Å². The maximum Gasteiger partial charge on any atom is 0.145 e. The molecule has 0 radical (unpaired) electrons. The van der Waals surface area contributed by atoms with Crippen molar-refractivity contribution in [1.29, 1.82) is 0 Å². The van der Waals surface area contributed by atoms with Crippen molar-refractivity contribution >= 4 is 6.29 Å². The quantitative estimate of drug-likeness (QED) is 0.664. The molecule has 0 bridgehead atoms. The molecule has 4 heteroatoms. The van der Waals surface area contributed by atoms with Gasteiger partial charge in [0, 0.05) is 12.4 Å². The number of rotatable bonds is 3. The molecule has 0 aliphatic carbocycles. The summed E-state index contributed by atoms with van der Waals surface area (Å²) >= 11 is 0. The maximum absolute atomic E-state index is 10.6. The summed E-state index contributed by atoms with van der Waals surface area (Å²) in [6.07, 6.45) is 5.44. The first-order valence-electron chi connectivity index (χ1n) is 3.71. The molecule has 0 amide bonds. The highest BCUT2D eigenvalue weighted by atomic mass is 16.3. The fraction of sp³-hybridized carbons (Fsp3) is 0.500. The third kappa shape index (κ3) is 1.71. The Bertz CT molecular complexity index is 249. The fourth-order valence-corrected chi connectivity index (χ4v) is 1.04. The van der Waals surface area contributed by atoms with Crippen LogP contribution in [0.1, 0.15) is 19.9 Å². The van der Waals surface area contributed by atoms with E-state index in [0.717, 1.165) is 0 Å². The average Bonchev–Trinajstić information content (AvgIpc) is 2.38. The zero-order chi connectivity index (χ0) is 9.19. The Morgan fingerprint density at radius 1 is 1.67 bits per heavy atom. The van der Waals surface area contributed by atoms with Crippen LogP contribution in [0.4, 0.5) is 0 Å². The van der Waals surface area contributed by atoms with Crippen LogP contribution in [0.15, 0.2) is 18.7 Å². The minimum Gasteiger partial charge on any atom is -0.388 e. The molecule has 1 rings (SSSR count). The summed E-state index contributed by atoms with van der Waals surface area (Å²) in [5, 5.41) is 9.57. The number of carbonyl (C=O) groups excluding carboxylic acids is 1. The van der Waals surface area contributed by atoms with Gasteiger partial charge < -0.3 is 14.5 Å². The first kappa shape index (κ1) is 8.93. The zero-order valence-corrected chi connectivity index (χ0v) is 7.14. The van der Waals surface area contributed by atoms with Gasteiger partial charge in [-0.2, -0.15) is 0 Å². The van der Waals surface area contributed by atoms with Crippen LogP contribution in [0.5, 0.6) is 0 Å². The van der Waals surface area contributed by atoms with Gasteiger partial charge in [-0.05, 0) is 13.8 Å². The zero-order valence-electron chi connectivity index (χ0n) is 7.14. The molecule has 0 aliphatic heterocycles. The highest BCUT2D eigenvalue weighted by Gasteiger charge is 2.27. The number of hydrogen-bond donors (Lipinski definition) is 1. The van der Waals surface area contributed by atoms with E-state index in [4.69, 9.17) is 0 Å².